The maximum Gasteiger partial charge on any atom is 0.350 e. The summed E-state index contributed by atoms with van der Waals surface area (Å²) in [4.78, 5) is 28.6. The molecule has 0 saturated carbocycles. The first kappa shape index (κ1) is 28.1. The molecule has 0 aliphatic carbocycles. The van der Waals surface area contributed by atoms with E-state index >= 15 is 0 Å². The molecule has 178 valence electrons. The number of carbonyl (C=O) groups excluding carboxylic acids is 1. The van der Waals surface area contributed by atoms with Gasteiger partial charge in [-0.25, -0.2) is 19.8 Å². The van der Waals surface area contributed by atoms with Crippen LogP contribution in [0.3, 0.4) is 0 Å². The van der Waals surface area contributed by atoms with Crippen LogP contribution in [0.4, 0.5) is 5.82 Å². The average molecular weight is 575 g/mol. The van der Waals surface area contributed by atoms with E-state index in [0.29, 0.717) is 29.7 Å². The van der Waals surface area contributed by atoms with Crippen LogP contribution in [-0.2, 0) is 11.3 Å². The van der Waals surface area contributed by atoms with Gasteiger partial charge in [-0.15, -0.1) is 35.3 Å². The molecule has 2 heterocycles. The highest BCUT2D eigenvalue weighted by Crippen LogP contribution is 2.24. The SMILES string of the molecule is CCNC(=NCc1ccc(N(CC)CC)nc1)NC(C)c1nc(C)c(C(=O)OCC)s1.I. The minimum Gasteiger partial charge on any atom is -0.462 e. The summed E-state index contributed by atoms with van der Waals surface area (Å²) in [6, 6.07) is 4.00. The van der Waals surface area contributed by atoms with Crippen molar-refractivity contribution < 1.29 is 9.53 Å². The van der Waals surface area contributed by atoms with Crippen LogP contribution >= 0.6 is 35.3 Å². The zero-order chi connectivity index (χ0) is 22.8. The van der Waals surface area contributed by atoms with Crippen molar-refractivity contribution in [3.05, 3.63) is 39.5 Å². The standard InChI is InChI=1S/C22H34N6O2S.HI/c1-7-23-22(25-14-17-11-12-18(24-13-17)28(8-2)9-3)27-16(6)20-26-15(5)19(31-20)21(29)30-10-4;/h11-13,16H,7-10,14H2,1-6H3,(H2,23,25,27);1H. The van der Waals surface area contributed by atoms with E-state index in [1.165, 1.54) is 11.3 Å². The van der Waals surface area contributed by atoms with Crippen molar-refractivity contribution in [2.45, 2.75) is 54.1 Å². The van der Waals surface area contributed by atoms with Crippen molar-refractivity contribution in [1.82, 2.24) is 20.6 Å². The summed E-state index contributed by atoms with van der Waals surface area (Å²) >= 11 is 1.35. The second kappa shape index (κ2) is 14.2. The van der Waals surface area contributed by atoms with Crippen molar-refractivity contribution in [2.75, 3.05) is 31.1 Å². The molecule has 8 nitrogen and oxygen atoms in total. The molecule has 1 unspecified atom stereocenters. The number of halogens is 1. The van der Waals surface area contributed by atoms with Crippen LogP contribution in [0.25, 0.3) is 0 Å². The van der Waals surface area contributed by atoms with Gasteiger partial charge in [-0.2, -0.15) is 0 Å². The predicted octanol–water partition coefficient (Wildman–Crippen LogP) is 4.30. The minimum atomic E-state index is -0.322. The normalized spacial score (nSPS) is 12.0. The number of hydrogen-bond acceptors (Lipinski definition) is 7. The van der Waals surface area contributed by atoms with E-state index in [9.17, 15) is 4.79 Å². The number of pyridine rings is 1. The van der Waals surface area contributed by atoms with Crippen molar-refractivity contribution in [1.29, 1.82) is 0 Å². The van der Waals surface area contributed by atoms with Crippen LogP contribution < -0.4 is 15.5 Å². The summed E-state index contributed by atoms with van der Waals surface area (Å²) in [7, 11) is 0. The molecule has 0 spiro atoms. The second-order valence-corrected chi connectivity index (χ2v) is 7.98. The Morgan fingerprint density at radius 2 is 1.97 bits per heavy atom. The zero-order valence-corrected chi connectivity index (χ0v) is 22.9. The van der Waals surface area contributed by atoms with Crippen molar-refractivity contribution in [3.63, 3.8) is 0 Å². The molecule has 2 aromatic rings. The number of aromatic nitrogens is 2. The Hall–Kier alpha value is -1.95. The molecule has 0 aliphatic rings. The summed E-state index contributed by atoms with van der Waals surface area (Å²) in [6.07, 6.45) is 1.87. The number of rotatable bonds is 10. The number of aliphatic imine (C=N–C) groups is 1. The molecule has 0 bridgehead atoms. The first-order valence-corrected chi connectivity index (χ1v) is 11.6. The fourth-order valence-corrected chi connectivity index (χ4v) is 3.95. The third kappa shape index (κ3) is 7.88. The number of ether oxygens (including phenoxy) is 1. The van der Waals surface area contributed by atoms with Gasteiger partial charge in [0.05, 0.1) is 24.9 Å². The van der Waals surface area contributed by atoms with Gasteiger partial charge in [0.1, 0.15) is 15.7 Å². The molecule has 2 aromatic heterocycles. The fourth-order valence-electron chi connectivity index (χ4n) is 2.99. The quantitative estimate of drug-likeness (QED) is 0.189. The number of hydrogen-bond donors (Lipinski definition) is 2. The lowest BCUT2D eigenvalue weighted by Gasteiger charge is -2.19. The van der Waals surface area contributed by atoms with Gasteiger partial charge in [0.15, 0.2) is 5.96 Å². The van der Waals surface area contributed by atoms with Crippen LogP contribution in [0, 0.1) is 6.92 Å². The van der Waals surface area contributed by atoms with E-state index in [4.69, 9.17) is 4.74 Å². The molecule has 10 heteroatoms. The maximum atomic E-state index is 12.1. The van der Waals surface area contributed by atoms with Gasteiger partial charge in [0.25, 0.3) is 0 Å². The Morgan fingerprint density at radius 3 is 2.53 bits per heavy atom. The van der Waals surface area contributed by atoms with Crippen LogP contribution in [-0.4, -0.2) is 48.1 Å². The number of aryl methyl sites for hydroxylation is 1. The second-order valence-electron chi connectivity index (χ2n) is 6.95. The lowest BCUT2D eigenvalue weighted by Crippen LogP contribution is -2.38. The molecule has 0 radical (unpaired) electrons. The molecule has 0 saturated heterocycles. The third-order valence-electron chi connectivity index (χ3n) is 4.66. The van der Waals surface area contributed by atoms with E-state index in [1.807, 2.05) is 33.0 Å². The lowest BCUT2D eigenvalue weighted by atomic mass is 10.3. The Kier molecular flexibility index (Phi) is 12.5. The molecule has 0 aliphatic heterocycles. The first-order chi connectivity index (χ1) is 14.9. The maximum absolute atomic E-state index is 12.1. The van der Waals surface area contributed by atoms with Gasteiger partial charge < -0.3 is 20.3 Å². The van der Waals surface area contributed by atoms with Gasteiger partial charge in [0.2, 0.25) is 0 Å². The predicted molar refractivity (Wildman–Crippen MR) is 142 cm³/mol. The number of guanidine groups is 1. The van der Waals surface area contributed by atoms with Gasteiger partial charge in [-0.3, -0.25) is 0 Å². The number of nitrogens with one attached hydrogen (secondary N) is 2. The number of nitrogens with zero attached hydrogens (tertiary/aromatic N) is 4. The Balaban J connectivity index is 0.00000512. The molecular weight excluding hydrogens is 539 g/mol. The van der Waals surface area contributed by atoms with Crippen LogP contribution in [0.15, 0.2) is 23.3 Å². The van der Waals surface area contributed by atoms with E-state index in [2.05, 4.69) is 50.4 Å². The largest absolute Gasteiger partial charge is 0.462 e. The Labute approximate surface area is 212 Å². The van der Waals surface area contributed by atoms with Crippen LogP contribution in [0.2, 0.25) is 0 Å². The Morgan fingerprint density at radius 1 is 1.25 bits per heavy atom. The lowest BCUT2D eigenvalue weighted by molar-refractivity contribution is 0.0531. The summed E-state index contributed by atoms with van der Waals surface area (Å²) in [5, 5.41) is 7.45. The van der Waals surface area contributed by atoms with Crippen molar-refractivity contribution in [2.24, 2.45) is 4.99 Å². The highest BCUT2D eigenvalue weighted by Gasteiger charge is 2.20. The fraction of sp³-hybridized carbons (Fsp3) is 0.545. The minimum absolute atomic E-state index is 0. The average Bonchev–Trinajstić information content (AvgIpc) is 3.16. The van der Waals surface area contributed by atoms with Crippen molar-refractivity contribution >= 4 is 53.1 Å². The molecule has 1 atom stereocenters. The summed E-state index contributed by atoms with van der Waals surface area (Å²) in [6.45, 7) is 15.4. The topological polar surface area (TPSA) is 91.7 Å². The molecule has 32 heavy (non-hydrogen) atoms. The van der Waals surface area contributed by atoms with Crippen molar-refractivity contribution in [3.8, 4) is 0 Å². The number of carbonyl (C=O) groups is 1. The Bertz CT molecular complexity index is 868. The highest BCUT2D eigenvalue weighted by molar-refractivity contribution is 14.0. The highest BCUT2D eigenvalue weighted by atomic mass is 127. The number of thiazole rings is 1. The van der Waals surface area contributed by atoms with E-state index in [1.54, 1.807) is 6.92 Å². The molecule has 0 aromatic carbocycles. The number of esters is 1. The molecule has 0 fully saturated rings. The van der Waals surface area contributed by atoms with E-state index in [0.717, 1.165) is 36.0 Å². The summed E-state index contributed by atoms with van der Waals surface area (Å²) in [5.41, 5.74) is 1.73. The molecule has 2 N–H and O–H groups in total. The molecular formula is C22H35IN6O2S. The summed E-state index contributed by atoms with van der Waals surface area (Å²) < 4.78 is 5.11. The van der Waals surface area contributed by atoms with E-state index < -0.39 is 0 Å². The first-order valence-electron chi connectivity index (χ1n) is 10.8. The van der Waals surface area contributed by atoms with Gasteiger partial charge in [-0.05, 0) is 53.2 Å². The van der Waals surface area contributed by atoms with Gasteiger partial charge in [0, 0.05) is 25.8 Å². The number of anilines is 1. The van der Waals surface area contributed by atoms with Gasteiger partial charge in [-0.1, -0.05) is 6.07 Å². The zero-order valence-electron chi connectivity index (χ0n) is 19.8. The summed E-state index contributed by atoms with van der Waals surface area (Å²) in [5.74, 6) is 1.35. The third-order valence-corrected chi connectivity index (χ3v) is 5.98. The monoisotopic (exact) mass is 574 g/mol. The van der Waals surface area contributed by atoms with E-state index in [-0.39, 0.29) is 36.0 Å². The smallest absolute Gasteiger partial charge is 0.350 e. The van der Waals surface area contributed by atoms with Gasteiger partial charge >= 0.3 is 5.97 Å². The molecule has 2 rings (SSSR count). The van der Waals surface area contributed by atoms with Crippen LogP contribution in [0.5, 0.6) is 0 Å². The molecule has 0 amide bonds. The van der Waals surface area contributed by atoms with Crippen LogP contribution in [0.1, 0.15) is 66.6 Å².